The number of hydrogen-bond donors (Lipinski definition) is 0. The van der Waals surface area contributed by atoms with Crippen molar-refractivity contribution in [3.05, 3.63) is 6.92 Å². The standard InChI is InChI=1S/C7H15S2/c1-5-8-7(4)9-6(2)3/h6-7H,4-5H2,1-3H3. The average Bonchev–Trinajstić information content (AvgIpc) is 1.63. The second-order valence-electron chi connectivity index (χ2n) is 2.07. The molecule has 0 nitrogen and oxygen atoms in total. The molecule has 0 aliphatic heterocycles. The largest absolute Gasteiger partial charge is 0.148 e. The quantitative estimate of drug-likeness (QED) is 0.584. The maximum atomic E-state index is 3.99. The van der Waals surface area contributed by atoms with Gasteiger partial charge in [-0.2, -0.15) is 0 Å². The molecule has 1 unspecified atom stereocenters. The molecule has 0 bridgehead atoms. The second kappa shape index (κ2) is 5.48. The van der Waals surface area contributed by atoms with E-state index in [9.17, 15) is 0 Å². The van der Waals surface area contributed by atoms with Crippen LogP contribution in [0.15, 0.2) is 0 Å². The summed E-state index contributed by atoms with van der Waals surface area (Å²) in [7, 11) is 0. The summed E-state index contributed by atoms with van der Waals surface area (Å²) in [5.41, 5.74) is 0. The van der Waals surface area contributed by atoms with Gasteiger partial charge in [0.2, 0.25) is 0 Å². The summed E-state index contributed by atoms with van der Waals surface area (Å²) < 4.78 is 0.523. The van der Waals surface area contributed by atoms with Gasteiger partial charge < -0.3 is 0 Å². The van der Waals surface area contributed by atoms with Gasteiger partial charge in [-0.15, -0.1) is 23.5 Å². The van der Waals surface area contributed by atoms with Crippen molar-refractivity contribution >= 4 is 23.5 Å². The maximum absolute atomic E-state index is 3.99. The molecule has 0 N–H and O–H groups in total. The molecule has 2 heteroatoms. The van der Waals surface area contributed by atoms with E-state index in [1.807, 2.05) is 23.5 Å². The normalized spacial score (nSPS) is 14.3. The molecule has 1 atom stereocenters. The van der Waals surface area contributed by atoms with Crippen LogP contribution in [0.2, 0.25) is 0 Å². The lowest BCUT2D eigenvalue weighted by Gasteiger charge is -2.11. The van der Waals surface area contributed by atoms with Crippen LogP contribution in [0.4, 0.5) is 0 Å². The fourth-order valence-corrected chi connectivity index (χ4v) is 2.90. The minimum atomic E-state index is 0.523. The summed E-state index contributed by atoms with van der Waals surface area (Å²) in [5, 5.41) is 0.714. The third-order valence-electron chi connectivity index (χ3n) is 0.777. The van der Waals surface area contributed by atoms with E-state index in [0.717, 1.165) is 0 Å². The molecule has 0 aromatic heterocycles. The Labute approximate surface area is 67.2 Å². The van der Waals surface area contributed by atoms with E-state index in [1.165, 1.54) is 5.75 Å². The fraction of sp³-hybridized carbons (Fsp3) is 0.857. The van der Waals surface area contributed by atoms with Crippen LogP contribution in [0.1, 0.15) is 20.8 Å². The highest BCUT2D eigenvalue weighted by molar-refractivity contribution is 8.17. The van der Waals surface area contributed by atoms with Gasteiger partial charge in [0.15, 0.2) is 0 Å². The van der Waals surface area contributed by atoms with Crippen molar-refractivity contribution in [2.24, 2.45) is 0 Å². The topological polar surface area (TPSA) is 0 Å². The van der Waals surface area contributed by atoms with Crippen LogP contribution in [0.25, 0.3) is 0 Å². The summed E-state index contributed by atoms with van der Waals surface area (Å²) in [6, 6.07) is 0. The van der Waals surface area contributed by atoms with Crippen LogP contribution in [0.5, 0.6) is 0 Å². The van der Waals surface area contributed by atoms with E-state index in [0.29, 0.717) is 9.83 Å². The molecule has 0 aliphatic carbocycles. The van der Waals surface area contributed by atoms with Crippen molar-refractivity contribution < 1.29 is 0 Å². The van der Waals surface area contributed by atoms with Crippen LogP contribution in [-0.2, 0) is 0 Å². The van der Waals surface area contributed by atoms with Gasteiger partial charge in [-0.05, 0) is 12.7 Å². The molecule has 0 saturated heterocycles. The molecule has 0 rings (SSSR count). The predicted octanol–water partition coefficient (Wildman–Crippen LogP) is 3.04. The van der Waals surface area contributed by atoms with E-state index in [-0.39, 0.29) is 0 Å². The first kappa shape index (κ1) is 9.70. The summed E-state index contributed by atoms with van der Waals surface area (Å²) >= 11 is 3.84. The highest BCUT2D eigenvalue weighted by Gasteiger charge is 2.02. The predicted molar refractivity (Wildman–Crippen MR) is 50.0 cm³/mol. The first-order chi connectivity index (χ1) is 4.16. The first-order valence-corrected chi connectivity index (χ1v) is 5.26. The van der Waals surface area contributed by atoms with Crippen LogP contribution in [0, 0.1) is 6.92 Å². The number of hydrogen-bond acceptors (Lipinski definition) is 2. The lowest BCUT2D eigenvalue weighted by molar-refractivity contribution is 1.11. The summed E-state index contributed by atoms with van der Waals surface area (Å²) in [5.74, 6) is 1.17. The molecule has 9 heavy (non-hydrogen) atoms. The van der Waals surface area contributed by atoms with Crippen molar-refractivity contribution in [3.8, 4) is 0 Å². The SMILES string of the molecule is [CH2]C(SCC)SC(C)C. The summed E-state index contributed by atoms with van der Waals surface area (Å²) in [4.78, 5) is 0. The van der Waals surface area contributed by atoms with Crippen molar-refractivity contribution in [1.82, 2.24) is 0 Å². The zero-order chi connectivity index (χ0) is 7.28. The number of thioether (sulfide) groups is 2. The molecule has 0 saturated carbocycles. The Kier molecular flexibility index (Phi) is 5.91. The lowest BCUT2D eigenvalue weighted by Crippen LogP contribution is -1.96. The Morgan fingerprint density at radius 1 is 1.44 bits per heavy atom. The Hall–Kier alpha value is 0.700. The van der Waals surface area contributed by atoms with Gasteiger partial charge in [-0.1, -0.05) is 20.8 Å². The van der Waals surface area contributed by atoms with Crippen molar-refractivity contribution in [2.45, 2.75) is 30.6 Å². The van der Waals surface area contributed by atoms with E-state index in [1.54, 1.807) is 0 Å². The molecular formula is C7H15S2. The van der Waals surface area contributed by atoms with Crippen molar-refractivity contribution in [2.75, 3.05) is 5.75 Å². The fourth-order valence-electron chi connectivity index (χ4n) is 0.529. The first-order valence-electron chi connectivity index (χ1n) is 3.27. The molecule has 0 amide bonds. The minimum absolute atomic E-state index is 0.523. The third kappa shape index (κ3) is 6.59. The smallest absolute Gasteiger partial charge is 0.0505 e. The van der Waals surface area contributed by atoms with Gasteiger partial charge in [0.1, 0.15) is 0 Å². The molecule has 1 radical (unpaired) electrons. The van der Waals surface area contributed by atoms with E-state index >= 15 is 0 Å². The minimum Gasteiger partial charge on any atom is -0.148 e. The summed E-state index contributed by atoms with van der Waals surface area (Å²) in [6.45, 7) is 10.6. The van der Waals surface area contributed by atoms with Gasteiger partial charge in [0, 0.05) is 5.25 Å². The Morgan fingerprint density at radius 2 is 2.00 bits per heavy atom. The van der Waals surface area contributed by atoms with E-state index in [4.69, 9.17) is 0 Å². The van der Waals surface area contributed by atoms with Gasteiger partial charge in [0.05, 0.1) is 4.58 Å². The zero-order valence-corrected chi connectivity index (χ0v) is 8.02. The third-order valence-corrected chi connectivity index (χ3v) is 3.07. The molecular weight excluding hydrogens is 148 g/mol. The highest BCUT2D eigenvalue weighted by Crippen LogP contribution is 2.25. The Balaban J connectivity index is 3.15. The van der Waals surface area contributed by atoms with Crippen LogP contribution >= 0.6 is 23.5 Å². The number of rotatable bonds is 4. The Bertz CT molecular complexity index is 61.9. The monoisotopic (exact) mass is 163 g/mol. The molecule has 0 spiro atoms. The maximum Gasteiger partial charge on any atom is 0.0505 e. The zero-order valence-electron chi connectivity index (χ0n) is 6.39. The summed E-state index contributed by atoms with van der Waals surface area (Å²) in [6.07, 6.45) is 0. The molecule has 0 aromatic carbocycles. The molecule has 0 fully saturated rings. The van der Waals surface area contributed by atoms with E-state index < -0.39 is 0 Å². The van der Waals surface area contributed by atoms with Crippen LogP contribution < -0.4 is 0 Å². The molecule has 0 aliphatic rings. The van der Waals surface area contributed by atoms with Crippen molar-refractivity contribution in [3.63, 3.8) is 0 Å². The lowest BCUT2D eigenvalue weighted by atomic mass is 10.6. The molecule has 0 heterocycles. The average molecular weight is 163 g/mol. The van der Waals surface area contributed by atoms with E-state index in [2.05, 4.69) is 27.7 Å². The van der Waals surface area contributed by atoms with Gasteiger partial charge >= 0.3 is 0 Å². The Morgan fingerprint density at radius 3 is 2.33 bits per heavy atom. The van der Waals surface area contributed by atoms with Gasteiger partial charge in [-0.3, -0.25) is 0 Å². The molecule has 55 valence electrons. The van der Waals surface area contributed by atoms with Crippen LogP contribution in [-0.4, -0.2) is 15.6 Å². The molecule has 0 aromatic rings. The van der Waals surface area contributed by atoms with Crippen molar-refractivity contribution in [1.29, 1.82) is 0 Å². The van der Waals surface area contributed by atoms with Gasteiger partial charge in [-0.25, -0.2) is 0 Å². The van der Waals surface area contributed by atoms with Gasteiger partial charge in [0.25, 0.3) is 0 Å². The second-order valence-corrected chi connectivity index (χ2v) is 5.63. The van der Waals surface area contributed by atoms with Crippen LogP contribution in [0.3, 0.4) is 0 Å². The highest BCUT2D eigenvalue weighted by atomic mass is 32.2.